The van der Waals surface area contributed by atoms with Crippen LogP contribution >= 0.6 is 0 Å². The smallest absolute Gasteiger partial charge is 0.0738 e. The second-order valence-corrected chi connectivity index (χ2v) is 8.18. The van der Waals surface area contributed by atoms with E-state index in [2.05, 4.69) is 52.3 Å². The standard InChI is InChI=1S/C25H31N3/c1-20-24-11-10-23(27-25(24)12-16-26-20)15-19-28-17-13-22(14-18-28)9-5-8-21-6-3-2-4-7-21/h2-4,6-7,10-12,16,22H,5,8-9,13-15,17-19H2,1H3. The van der Waals surface area contributed by atoms with Gasteiger partial charge in [-0.15, -0.1) is 0 Å². The predicted molar refractivity (Wildman–Crippen MR) is 117 cm³/mol. The van der Waals surface area contributed by atoms with E-state index in [-0.39, 0.29) is 0 Å². The Morgan fingerprint density at radius 2 is 1.79 bits per heavy atom. The highest BCUT2D eigenvalue weighted by atomic mass is 15.1. The maximum absolute atomic E-state index is 4.84. The molecule has 0 unspecified atom stereocenters. The van der Waals surface area contributed by atoms with Crippen LogP contribution in [0.1, 0.15) is 42.6 Å². The number of nitrogens with zero attached hydrogens (tertiary/aromatic N) is 3. The van der Waals surface area contributed by atoms with E-state index in [1.165, 1.54) is 61.8 Å². The third kappa shape index (κ3) is 4.96. The Morgan fingerprint density at radius 1 is 0.964 bits per heavy atom. The number of likely N-dealkylation sites (tertiary alicyclic amines) is 1. The SMILES string of the molecule is Cc1nccc2nc(CCN3CCC(CCCc4ccccc4)CC3)ccc12. The molecule has 0 spiro atoms. The molecule has 4 rings (SSSR count). The van der Waals surface area contributed by atoms with Crippen LogP contribution in [-0.2, 0) is 12.8 Å². The highest BCUT2D eigenvalue weighted by molar-refractivity contribution is 5.80. The Balaban J connectivity index is 1.19. The van der Waals surface area contributed by atoms with Gasteiger partial charge in [-0.3, -0.25) is 9.97 Å². The first-order valence-corrected chi connectivity index (χ1v) is 10.8. The predicted octanol–water partition coefficient (Wildman–Crippen LogP) is 5.22. The van der Waals surface area contributed by atoms with Crippen LogP contribution in [-0.4, -0.2) is 34.5 Å². The average Bonchev–Trinajstić information content (AvgIpc) is 2.74. The lowest BCUT2D eigenvalue weighted by Crippen LogP contribution is -2.35. The minimum atomic E-state index is 0.911. The van der Waals surface area contributed by atoms with Crippen LogP contribution in [0.25, 0.3) is 10.9 Å². The van der Waals surface area contributed by atoms with E-state index in [1.807, 2.05) is 19.2 Å². The van der Waals surface area contributed by atoms with Gasteiger partial charge in [0.05, 0.1) is 5.52 Å². The first-order valence-electron chi connectivity index (χ1n) is 10.8. The fourth-order valence-corrected chi connectivity index (χ4v) is 4.39. The highest BCUT2D eigenvalue weighted by Gasteiger charge is 2.18. The van der Waals surface area contributed by atoms with Crippen molar-refractivity contribution in [1.29, 1.82) is 0 Å². The second kappa shape index (κ2) is 9.29. The molecule has 3 heterocycles. The lowest BCUT2D eigenvalue weighted by atomic mass is 9.90. The Morgan fingerprint density at radius 3 is 2.61 bits per heavy atom. The number of hydrogen-bond acceptors (Lipinski definition) is 3. The van der Waals surface area contributed by atoms with Crippen LogP contribution in [0.2, 0.25) is 0 Å². The van der Waals surface area contributed by atoms with E-state index >= 15 is 0 Å². The van der Waals surface area contributed by atoms with Crippen molar-refractivity contribution in [2.45, 2.75) is 45.4 Å². The average molecular weight is 374 g/mol. The van der Waals surface area contributed by atoms with E-state index in [9.17, 15) is 0 Å². The molecule has 0 amide bonds. The Bertz CT molecular complexity index is 883. The minimum absolute atomic E-state index is 0.911. The Kier molecular flexibility index (Phi) is 6.33. The van der Waals surface area contributed by atoms with Crippen molar-refractivity contribution in [2.75, 3.05) is 19.6 Å². The summed E-state index contributed by atoms with van der Waals surface area (Å²) in [4.78, 5) is 11.8. The van der Waals surface area contributed by atoms with Crippen LogP contribution < -0.4 is 0 Å². The molecular weight excluding hydrogens is 342 g/mol. The van der Waals surface area contributed by atoms with E-state index in [4.69, 9.17) is 4.98 Å². The van der Waals surface area contributed by atoms with Gasteiger partial charge in [0.1, 0.15) is 0 Å². The molecule has 0 atom stereocenters. The molecule has 1 saturated heterocycles. The molecule has 2 aromatic heterocycles. The van der Waals surface area contributed by atoms with Gasteiger partial charge in [0.25, 0.3) is 0 Å². The topological polar surface area (TPSA) is 29.0 Å². The Labute approximate surface area is 168 Å². The molecule has 3 nitrogen and oxygen atoms in total. The molecule has 146 valence electrons. The van der Waals surface area contributed by atoms with Crippen molar-refractivity contribution >= 4 is 10.9 Å². The molecule has 0 radical (unpaired) electrons. The number of aromatic nitrogens is 2. The molecule has 0 N–H and O–H groups in total. The monoisotopic (exact) mass is 373 g/mol. The number of aryl methyl sites for hydroxylation is 2. The van der Waals surface area contributed by atoms with Crippen molar-refractivity contribution in [2.24, 2.45) is 5.92 Å². The molecule has 0 aliphatic carbocycles. The summed E-state index contributed by atoms with van der Waals surface area (Å²) < 4.78 is 0. The molecule has 1 aliphatic rings. The first-order chi connectivity index (χ1) is 13.8. The molecule has 3 heteroatoms. The second-order valence-electron chi connectivity index (χ2n) is 8.18. The van der Waals surface area contributed by atoms with Gasteiger partial charge in [-0.1, -0.05) is 36.8 Å². The zero-order valence-corrected chi connectivity index (χ0v) is 17.0. The van der Waals surface area contributed by atoms with Gasteiger partial charge in [-0.2, -0.15) is 0 Å². The maximum atomic E-state index is 4.84. The summed E-state index contributed by atoms with van der Waals surface area (Å²) in [6.07, 6.45) is 9.53. The summed E-state index contributed by atoms with van der Waals surface area (Å²) >= 11 is 0. The minimum Gasteiger partial charge on any atom is -0.303 e. The zero-order chi connectivity index (χ0) is 19.2. The number of rotatable bonds is 7. The summed E-state index contributed by atoms with van der Waals surface area (Å²) in [5, 5.41) is 1.17. The van der Waals surface area contributed by atoms with E-state index in [0.717, 1.165) is 30.1 Å². The van der Waals surface area contributed by atoms with Crippen molar-refractivity contribution in [3.63, 3.8) is 0 Å². The summed E-state index contributed by atoms with van der Waals surface area (Å²) in [5.41, 5.74) is 4.81. The third-order valence-electron chi connectivity index (χ3n) is 6.18. The maximum Gasteiger partial charge on any atom is 0.0738 e. The molecule has 3 aromatic rings. The van der Waals surface area contributed by atoms with E-state index in [0.29, 0.717) is 0 Å². The largest absolute Gasteiger partial charge is 0.303 e. The van der Waals surface area contributed by atoms with Crippen molar-refractivity contribution in [3.8, 4) is 0 Å². The summed E-state index contributed by atoms with van der Waals surface area (Å²) in [6, 6.07) is 17.3. The van der Waals surface area contributed by atoms with E-state index < -0.39 is 0 Å². The van der Waals surface area contributed by atoms with E-state index in [1.54, 1.807) is 0 Å². The lowest BCUT2D eigenvalue weighted by molar-refractivity contribution is 0.179. The molecule has 1 fully saturated rings. The van der Waals surface area contributed by atoms with Gasteiger partial charge < -0.3 is 4.90 Å². The summed E-state index contributed by atoms with van der Waals surface area (Å²) in [6.45, 7) is 5.66. The van der Waals surface area contributed by atoms with Crippen molar-refractivity contribution in [1.82, 2.24) is 14.9 Å². The van der Waals surface area contributed by atoms with Crippen molar-refractivity contribution < 1.29 is 0 Å². The van der Waals surface area contributed by atoms with Gasteiger partial charge in [-0.05, 0) is 75.4 Å². The molecule has 1 aliphatic heterocycles. The lowest BCUT2D eigenvalue weighted by Gasteiger charge is -2.32. The molecule has 28 heavy (non-hydrogen) atoms. The fraction of sp³-hybridized carbons (Fsp3) is 0.440. The Hall–Kier alpha value is -2.26. The van der Waals surface area contributed by atoms with Gasteiger partial charge >= 0.3 is 0 Å². The van der Waals surface area contributed by atoms with Crippen molar-refractivity contribution in [3.05, 3.63) is 71.7 Å². The third-order valence-corrected chi connectivity index (χ3v) is 6.18. The highest BCUT2D eigenvalue weighted by Crippen LogP contribution is 2.23. The number of hydrogen-bond donors (Lipinski definition) is 0. The quantitative estimate of drug-likeness (QED) is 0.569. The number of fused-ring (bicyclic) bond motifs is 1. The number of piperidine rings is 1. The fourth-order valence-electron chi connectivity index (χ4n) is 4.39. The van der Waals surface area contributed by atoms with Gasteiger partial charge in [0.2, 0.25) is 0 Å². The molecule has 1 aromatic carbocycles. The summed E-state index contributed by atoms with van der Waals surface area (Å²) in [7, 11) is 0. The molecule has 0 bridgehead atoms. The molecule has 0 saturated carbocycles. The molecular formula is C25H31N3. The van der Waals surface area contributed by atoms with Crippen LogP contribution in [0, 0.1) is 12.8 Å². The van der Waals surface area contributed by atoms with Gasteiger partial charge in [0.15, 0.2) is 0 Å². The zero-order valence-electron chi connectivity index (χ0n) is 17.0. The number of pyridine rings is 2. The normalized spacial score (nSPS) is 15.9. The summed E-state index contributed by atoms with van der Waals surface area (Å²) in [5.74, 6) is 0.911. The number of benzene rings is 1. The van der Waals surface area contributed by atoms with Gasteiger partial charge in [-0.25, -0.2) is 0 Å². The van der Waals surface area contributed by atoms with Gasteiger partial charge in [0, 0.05) is 35.9 Å². The first kappa shape index (κ1) is 19.1. The van der Waals surface area contributed by atoms with Crippen LogP contribution in [0.15, 0.2) is 54.7 Å². The van der Waals surface area contributed by atoms with Crippen LogP contribution in [0.3, 0.4) is 0 Å². The van der Waals surface area contributed by atoms with Crippen LogP contribution in [0.4, 0.5) is 0 Å². The van der Waals surface area contributed by atoms with Crippen LogP contribution in [0.5, 0.6) is 0 Å².